The van der Waals surface area contributed by atoms with Gasteiger partial charge in [-0.3, -0.25) is 19.7 Å². The number of nitro groups is 1. The van der Waals surface area contributed by atoms with Crippen molar-refractivity contribution in [2.24, 2.45) is 0 Å². The predicted octanol–water partition coefficient (Wildman–Crippen LogP) is 1.82. The molecule has 0 spiro atoms. The Bertz CT molecular complexity index is 497. The lowest BCUT2D eigenvalue weighted by atomic mass is 10.1. The minimum atomic E-state index is -0.763. The van der Waals surface area contributed by atoms with E-state index in [0.29, 0.717) is 5.69 Å². The quantitative estimate of drug-likeness (QED) is 0.262. The first-order valence-electron chi connectivity index (χ1n) is 5.39. The Labute approximate surface area is 104 Å². The molecule has 0 bridgehead atoms. The van der Waals surface area contributed by atoms with Crippen molar-refractivity contribution in [2.75, 3.05) is 11.9 Å². The Balaban J connectivity index is 3.38. The SMILES string of the molecule is CC(C)N(C)c1ccc([N+](=O)[O-])cc1C(=O)C=O. The van der Waals surface area contributed by atoms with Crippen LogP contribution >= 0.6 is 0 Å². The lowest BCUT2D eigenvalue weighted by Gasteiger charge is -2.25. The number of rotatable bonds is 5. The summed E-state index contributed by atoms with van der Waals surface area (Å²) >= 11 is 0. The van der Waals surface area contributed by atoms with Crippen LogP contribution in [0.15, 0.2) is 18.2 Å². The Hall–Kier alpha value is -2.24. The monoisotopic (exact) mass is 250 g/mol. The summed E-state index contributed by atoms with van der Waals surface area (Å²) in [6, 6.07) is 4.03. The molecular weight excluding hydrogens is 236 g/mol. The number of aldehydes is 1. The van der Waals surface area contributed by atoms with Crippen molar-refractivity contribution in [2.45, 2.75) is 19.9 Å². The third-order valence-corrected chi connectivity index (χ3v) is 2.72. The maximum atomic E-state index is 11.5. The van der Waals surface area contributed by atoms with E-state index in [4.69, 9.17) is 0 Å². The highest BCUT2D eigenvalue weighted by molar-refractivity contribution is 6.35. The molecule has 0 aliphatic rings. The molecule has 6 heteroatoms. The maximum Gasteiger partial charge on any atom is 0.270 e. The fourth-order valence-corrected chi connectivity index (χ4v) is 1.48. The van der Waals surface area contributed by atoms with Gasteiger partial charge in [-0.15, -0.1) is 0 Å². The molecule has 0 N–H and O–H groups in total. The van der Waals surface area contributed by atoms with Crippen molar-refractivity contribution in [1.29, 1.82) is 0 Å². The summed E-state index contributed by atoms with van der Waals surface area (Å²) in [5, 5.41) is 10.7. The zero-order valence-corrected chi connectivity index (χ0v) is 10.4. The summed E-state index contributed by atoms with van der Waals surface area (Å²) in [5.74, 6) is -0.763. The minimum Gasteiger partial charge on any atom is -0.372 e. The number of carbonyl (C=O) groups excluding carboxylic acids is 2. The van der Waals surface area contributed by atoms with Gasteiger partial charge in [0, 0.05) is 30.9 Å². The van der Waals surface area contributed by atoms with Gasteiger partial charge in [-0.05, 0) is 19.9 Å². The molecule has 0 saturated carbocycles. The van der Waals surface area contributed by atoms with E-state index in [1.165, 1.54) is 12.1 Å². The van der Waals surface area contributed by atoms with Crippen LogP contribution in [-0.4, -0.2) is 30.1 Å². The third-order valence-electron chi connectivity index (χ3n) is 2.72. The standard InChI is InChI=1S/C12H14N2O4/c1-8(2)13(3)11-5-4-9(14(17)18)6-10(11)12(16)7-15/h4-8H,1-3H3. The molecule has 6 nitrogen and oxygen atoms in total. The number of non-ortho nitro benzene ring substituents is 1. The molecule has 0 amide bonds. The second-order valence-electron chi connectivity index (χ2n) is 4.15. The summed E-state index contributed by atoms with van der Waals surface area (Å²) in [5.41, 5.74) is 0.351. The van der Waals surface area contributed by atoms with E-state index in [-0.39, 0.29) is 23.6 Å². The molecule has 0 aromatic heterocycles. The minimum absolute atomic E-state index is 0.0513. The lowest BCUT2D eigenvalue weighted by molar-refractivity contribution is -0.384. The summed E-state index contributed by atoms with van der Waals surface area (Å²) in [4.78, 5) is 34.0. The molecule has 0 saturated heterocycles. The van der Waals surface area contributed by atoms with E-state index in [2.05, 4.69) is 0 Å². The first kappa shape index (κ1) is 13.8. The molecule has 1 aromatic carbocycles. The van der Waals surface area contributed by atoms with Crippen LogP contribution in [0.5, 0.6) is 0 Å². The zero-order chi connectivity index (χ0) is 13.9. The van der Waals surface area contributed by atoms with E-state index >= 15 is 0 Å². The number of nitrogens with zero attached hydrogens (tertiary/aromatic N) is 2. The number of ketones is 1. The van der Waals surface area contributed by atoms with Gasteiger partial charge in [-0.1, -0.05) is 0 Å². The number of nitro benzene ring substituents is 1. The van der Waals surface area contributed by atoms with Crippen LogP contribution in [0.4, 0.5) is 11.4 Å². The van der Waals surface area contributed by atoms with Gasteiger partial charge in [-0.25, -0.2) is 0 Å². The number of carbonyl (C=O) groups is 2. The molecular formula is C12H14N2O4. The Morgan fingerprint density at radius 2 is 2.06 bits per heavy atom. The van der Waals surface area contributed by atoms with Crippen LogP contribution in [0.2, 0.25) is 0 Å². The van der Waals surface area contributed by atoms with Crippen LogP contribution in [0.25, 0.3) is 0 Å². The molecule has 0 aliphatic heterocycles. The predicted molar refractivity (Wildman–Crippen MR) is 67.0 cm³/mol. The van der Waals surface area contributed by atoms with Gasteiger partial charge in [0.05, 0.1) is 10.5 Å². The Morgan fingerprint density at radius 3 is 2.50 bits per heavy atom. The van der Waals surface area contributed by atoms with Gasteiger partial charge in [0.2, 0.25) is 5.78 Å². The van der Waals surface area contributed by atoms with Crippen LogP contribution in [0.3, 0.4) is 0 Å². The average molecular weight is 250 g/mol. The van der Waals surface area contributed by atoms with E-state index in [1.807, 2.05) is 13.8 Å². The Kier molecular flexibility index (Phi) is 4.14. The zero-order valence-electron chi connectivity index (χ0n) is 10.4. The van der Waals surface area contributed by atoms with E-state index in [1.54, 1.807) is 11.9 Å². The fourth-order valence-electron chi connectivity index (χ4n) is 1.48. The van der Waals surface area contributed by atoms with Gasteiger partial charge in [0.15, 0.2) is 6.29 Å². The van der Waals surface area contributed by atoms with Gasteiger partial charge in [-0.2, -0.15) is 0 Å². The van der Waals surface area contributed by atoms with Crippen LogP contribution in [0, 0.1) is 10.1 Å². The first-order valence-corrected chi connectivity index (χ1v) is 5.39. The van der Waals surface area contributed by atoms with Gasteiger partial charge >= 0.3 is 0 Å². The van der Waals surface area contributed by atoms with Crippen molar-refractivity contribution >= 4 is 23.4 Å². The van der Waals surface area contributed by atoms with E-state index in [0.717, 1.165) is 6.07 Å². The molecule has 0 fully saturated rings. The number of hydrogen-bond acceptors (Lipinski definition) is 5. The Morgan fingerprint density at radius 1 is 1.44 bits per heavy atom. The number of anilines is 1. The summed E-state index contributed by atoms with van der Waals surface area (Å²) < 4.78 is 0. The first-order chi connectivity index (χ1) is 8.38. The highest BCUT2D eigenvalue weighted by Gasteiger charge is 2.19. The van der Waals surface area contributed by atoms with Crippen molar-refractivity contribution < 1.29 is 14.5 Å². The number of benzene rings is 1. The molecule has 0 atom stereocenters. The molecule has 1 rings (SSSR count). The second kappa shape index (κ2) is 5.39. The molecule has 1 aromatic rings. The van der Waals surface area contributed by atoms with Gasteiger partial charge in [0.1, 0.15) is 0 Å². The van der Waals surface area contributed by atoms with E-state index in [9.17, 15) is 19.7 Å². The normalized spacial score (nSPS) is 10.2. The molecule has 0 radical (unpaired) electrons. The van der Waals surface area contributed by atoms with Crippen LogP contribution in [-0.2, 0) is 4.79 Å². The molecule has 0 unspecified atom stereocenters. The average Bonchev–Trinajstić information content (AvgIpc) is 2.35. The molecule has 18 heavy (non-hydrogen) atoms. The van der Waals surface area contributed by atoms with E-state index < -0.39 is 10.7 Å². The summed E-state index contributed by atoms with van der Waals surface area (Å²) in [6.07, 6.45) is 0.163. The molecule has 96 valence electrons. The van der Waals surface area contributed by atoms with Crippen molar-refractivity contribution in [3.63, 3.8) is 0 Å². The summed E-state index contributed by atoms with van der Waals surface area (Å²) in [6.45, 7) is 3.83. The van der Waals surface area contributed by atoms with Gasteiger partial charge in [0.25, 0.3) is 5.69 Å². The van der Waals surface area contributed by atoms with Crippen molar-refractivity contribution in [3.8, 4) is 0 Å². The lowest BCUT2D eigenvalue weighted by Crippen LogP contribution is -2.27. The van der Waals surface area contributed by atoms with Crippen molar-refractivity contribution in [3.05, 3.63) is 33.9 Å². The maximum absolute atomic E-state index is 11.5. The number of hydrogen-bond donors (Lipinski definition) is 0. The second-order valence-corrected chi connectivity index (χ2v) is 4.15. The highest BCUT2D eigenvalue weighted by Crippen LogP contribution is 2.26. The van der Waals surface area contributed by atoms with Crippen LogP contribution < -0.4 is 4.90 Å². The summed E-state index contributed by atoms with van der Waals surface area (Å²) in [7, 11) is 1.76. The number of Topliss-reactive ketones (excluding diaryl/α,β-unsaturated/α-hetero) is 1. The third kappa shape index (κ3) is 2.71. The largest absolute Gasteiger partial charge is 0.372 e. The topological polar surface area (TPSA) is 80.5 Å². The molecule has 0 heterocycles. The van der Waals surface area contributed by atoms with Gasteiger partial charge < -0.3 is 4.90 Å². The smallest absolute Gasteiger partial charge is 0.270 e. The fraction of sp³-hybridized carbons (Fsp3) is 0.333. The van der Waals surface area contributed by atoms with Crippen molar-refractivity contribution in [1.82, 2.24) is 0 Å². The highest BCUT2D eigenvalue weighted by atomic mass is 16.6. The molecule has 0 aliphatic carbocycles. The van der Waals surface area contributed by atoms with Crippen LogP contribution in [0.1, 0.15) is 24.2 Å².